The van der Waals surface area contributed by atoms with Crippen LogP contribution in [0.15, 0.2) is 6.07 Å². The summed E-state index contributed by atoms with van der Waals surface area (Å²) in [4.78, 5) is 22.4. The van der Waals surface area contributed by atoms with E-state index in [2.05, 4.69) is 5.32 Å². The topological polar surface area (TPSA) is 46.2 Å². The van der Waals surface area contributed by atoms with Crippen molar-refractivity contribution in [3.63, 3.8) is 0 Å². The Labute approximate surface area is 90.0 Å². The molecule has 14 heavy (non-hydrogen) atoms. The summed E-state index contributed by atoms with van der Waals surface area (Å²) in [6.07, 6.45) is 0. The minimum Gasteiger partial charge on any atom is -0.318 e. The molecule has 0 radical (unpaired) electrons. The molecule has 0 unspecified atom stereocenters. The number of Topliss-reactive ketones (excluding diaryl/α,β-unsaturated/α-hetero) is 1. The standard InChI is InChI=1S/C9H5Cl2NO2/c1-3-6(11)5(10)2-4-7(3)12-9(14)8(4)13/h2H,1H3,(H,12,13,14). The van der Waals surface area contributed by atoms with Gasteiger partial charge in [-0.15, -0.1) is 0 Å². The van der Waals surface area contributed by atoms with Gasteiger partial charge in [0.25, 0.3) is 11.7 Å². The Bertz CT molecular complexity index is 468. The molecule has 0 saturated heterocycles. The molecule has 0 spiro atoms. The van der Waals surface area contributed by atoms with Crippen LogP contribution in [0.3, 0.4) is 0 Å². The maximum atomic E-state index is 11.3. The third-order valence-corrected chi connectivity index (χ3v) is 3.03. The Balaban J connectivity index is 2.76. The molecule has 1 N–H and O–H groups in total. The molecule has 72 valence electrons. The number of amides is 1. The maximum absolute atomic E-state index is 11.3. The fraction of sp³-hybridized carbons (Fsp3) is 0.111. The fourth-order valence-corrected chi connectivity index (χ4v) is 1.79. The van der Waals surface area contributed by atoms with E-state index in [1.807, 2.05) is 0 Å². The number of rotatable bonds is 0. The summed E-state index contributed by atoms with van der Waals surface area (Å²) < 4.78 is 0. The highest BCUT2D eigenvalue weighted by molar-refractivity contribution is 6.53. The molecule has 1 aromatic carbocycles. The van der Waals surface area contributed by atoms with E-state index in [1.165, 1.54) is 6.07 Å². The van der Waals surface area contributed by atoms with Crippen molar-refractivity contribution in [3.8, 4) is 0 Å². The summed E-state index contributed by atoms with van der Waals surface area (Å²) in [5.41, 5.74) is 1.38. The molecule has 0 saturated carbocycles. The lowest BCUT2D eigenvalue weighted by molar-refractivity contribution is -0.112. The molecule has 0 bridgehead atoms. The number of benzene rings is 1. The van der Waals surface area contributed by atoms with Crippen molar-refractivity contribution in [1.29, 1.82) is 0 Å². The highest BCUT2D eigenvalue weighted by Crippen LogP contribution is 2.36. The molecule has 0 atom stereocenters. The van der Waals surface area contributed by atoms with E-state index in [-0.39, 0.29) is 5.02 Å². The summed E-state index contributed by atoms with van der Waals surface area (Å²) in [5, 5.41) is 3.10. The summed E-state index contributed by atoms with van der Waals surface area (Å²) in [7, 11) is 0. The van der Waals surface area contributed by atoms with Gasteiger partial charge in [0, 0.05) is 0 Å². The average molecular weight is 230 g/mol. The predicted octanol–water partition coefficient (Wildman–Crippen LogP) is 2.44. The zero-order valence-electron chi connectivity index (χ0n) is 7.15. The van der Waals surface area contributed by atoms with Gasteiger partial charge < -0.3 is 5.32 Å². The second kappa shape index (κ2) is 2.97. The van der Waals surface area contributed by atoms with E-state index < -0.39 is 11.7 Å². The molecule has 0 aliphatic carbocycles. The van der Waals surface area contributed by atoms with Gasteiger partial charge in [-0.3, -0.25) is 9.59 Å². The fourth-order valence-electron chi connectivity index (χ4n) is 1.39. The zero-order valence-corrected chi connectivity index (χ0v) is 8.66. The van der Waals surface area contributed by atoms with Gasteiger partial charge in [-0.2, -0.15) is 0 Å². The first-order chi connectivity index (χ1) is 6.52. The summed E-state index contributed by atoms with van der Waals surface area (Å²) in [6.45, 7) is 1.70. The number of anilines is 1. The highest BCUT2D eigenvalue weighted by Gasteiger charge is 2.30. The normalized spacial score (nSPS) is 14.2. The molecule has 2 rings (SSSR count). The van der Waals surface area contributed by atoms with Crippen LogP contribution in [-0.2, 0) is 4.79 Å². The number of fused-ring (bicyclic) bond motifs is 1. The van der Waals surface area contributed by atoms with Crippen LogP contribution in [0.4, 0.5) is 5.69 Å². The minimum absolute atomic E-state index is 0.285. The van der Waals surface area contributed by atoms with E-state index in [0.717, 1.165) is 0 Å². The third-order valence-electron chi connectivity index (χ3n) is 2.14. The van der Waals surface area contributed by atoms with Crippen molar-refractivity contribution in [2.45, 2.75) is 6.92 Å². The van der Waals surface area contributed by atoms with Crippen LogP contribution < -0.4 is 5.32 Å². The van der Waals surface area contributed by atoms with Crippen LogP contribution in [0.5, 0.6) is 0 Å². The smallest absolute Gasteiger partial charge is 0.296 e. The number of hydrogen-bond donors (Lipinski definition) is 1. The lowest BCUT2D eigenvalue weighted by Gasteiger charge is -2.05. The Kier molecular flexibility index (Phi) is 2.01. The Morgan fingerprint density at radius 3 is 2.57 bits per heavy atom. The van der Waals surface area contributed by atoms with Gasteiger partial charge in [-0.25, -0.2) is 0 Å². The summed E-state index contributed by atoms with van der Waals surface area (Å²) in [5.74, 6) is -1.21. The van der Waals surface area contributed by atoms with Crippen LogP contribution in [0.25, 0.3) is 0 Å². The van der Waals surface area contributed by atoms with Gasteiger partial charge in [0.1, 0.15) is 0 Å². The van der Waals surface area contributed by atoms with Crippen LogP contribution in [-0.4, -0.2) is 11.7 Å². The highest BCUT2D eigenvalue weighted by atomic mass is 35.5. The number of carbonyl (C=O) groups excluding carboxylic acids is 2. The molecule has 1 aliphatic rings. The third kappa shape index (κ3) is 1.13. The van der Waals surface area contributed by atoms with Crippen molar-refractivity contribution in [1.82, 2.24) is 0 Å². The van der Waals surface area contributed by atoms with Gasteiger partial charge in [-0.1, -0.05) is 23.2 Å². The minimum atomic E-state index is -0.638. The first-order valence-electron chi connectivity index (χ1n) is 3.86. The first kappa shape index (κ1) is 9.49. The number of nitrogens with one attached hydrogen (secondary N) is 1. The molecule has 1 aromatic rings. The van der Waals surface area contributed by atoms with Gasteiger partial charge in [0.15, 0.2) is 0 Å². The van der Waals surface area contributed by atoms with E-state index in [4.69, 9.17) is 23.2 Å². The Morgan fingerprint density at radius 2 is 1.93 bits per heavy atom. The van der Waals surface area contributed by atoms with Crippen molar-refractivity contribution >= 4 is 40.6 Å². The van der Waals surface area contributed by atoms with Crippen molar-refractivity contribution < 1.29 is 9.59 Å². The Hall–Kier alpha value is -1.06. The predicted molar refractivity (Wildman–Crippen MR) is 54.2 cm³/mol. The average Bonchev–Trinajstić information content (AvgIpc) is 2.42. The quantitative estimate of drug-likeness (QED) is 0.695. The van der Waals surface area contributed by atoms with E-state index >= 15 is 0 Å². The summed E-state index contributed by atoms with van der Waals surface area (Å²) in [6, 6.07) is 1.41. The molecular weight excluding hydrogens is 225 g/mol. The molecular formula is C9H5Cl2NO2. The molecule has 5 heteroatoms. The lowest BCUT2D eigenvalue weighted by Crippen LogP contribution is -2.12. The number of hydrogen-bond acceptors (Lipinski definition) is 2. The number of ketones is 1. The Morgan fingerprint density at radius 1 is 1.29 bits per heavy atom. The van der Waals surface area contributed by atoms with Crippen LogP contribution in [0.1, 0.15) is 15.9 Å². The maximum Gasteiger partial charge on any atom is 0.296 e. The van der Waals surface area contributed by atoms with Gasteiger partial charge in [0.05, 0.1) is 21.3 Å². The SMILES string of the molecule is Cc1c(Cl)c(Cl)cc2c1NC(=O)C2=O. The van der Waals surface area contributed by atoms with Crippen LogP contribution in [0.2, 0.25) is 10.0 Å². The second-order valence-corrected chi connectivity index (χ2v) is 3.79. The van der Waals surface area contributed by atoms with Crippen molar-refractivity contribution in [3.05, 3.63) is 27.2 Å². The molecule has 1 amide bonds. The second-order valence-electron chi connectivity index (χ2n) is 3.00. The number of halogens is 2. The van der Waals surface area contributed by atoms with Gasteiger partial charge in [0.2, 0.25) is 0 Å². The number of carbonyl (C=O) groups is 2. The van der Waals surface area contributed by atoms with Crippen molar-refractivity contribution in [2.75, 3.05) is 5.32 Å². The van der Waals surface area contributed by atoms with Crippen LogP contribution in [0, 0.1) is 6.92 Å². The van der Waals surface area contributed by atoms with E-state index in [0.29, 0.717) is 21.8 Å². The first-order valence-corrected chi connectivity index (χ1v) is 4.62. The largest absolute Gasteiger partial charge is 0.318 e. The zero-order chi connectivity index (χ0) is 10.5. The van der Waals surface area contributed by atoms with E-state index in [1.54, 1.807) is 6.92 Å². The van der Waals surface area contributed by atoms with Crippen molar-refractivity contribution in [2.24, 2.45) is 0 Å². The monoisotopic (exact) mass is 229 g/mol. The van der Waals surface area contributed by atoms with Crippen LogP contribution >= 0.6 is 23.2 Å². The molecule has 1 aliphatic heterocycles. The lowest BCUT2D eigenvalue weighted by atomic mass is 10.1. The van der Waals surface area contributed by atoms with E-state index in [9.17, 15) is 9.59 Å². The van der Waals surface area contributed by atoms with Gasteiger partial charge in [-0.05, 0) is 18.6 Å². The molecule has 0 aromatic heterocycles. The van der Waals surface area contributed by atoms with Gasteiger partial charge >= 0.3 is 0 Å². The summed E-state index contributed by atoms with van der Waals surface area (Å²) >= 11 is 11.6. The molecule has 0 fully saturated rings. The molecule has 3 nitrogen and oxygen atoms in total. The molecule has 1 heterocycles.